The molecule has 0 aliphatic heterocycles. The zero-order valence-electron chi connectivity index (χ0n) is 5.51. The molecule has 0 rings (SSSR count). The lowest BCUT2D eigenvalue weighted by atomic mass is 10.4. The van der Waals surface area contributed by atoms with Gasteiger partial charge in [-0.05, 0) is 0 Å². The van der Waals surface area contributed by atoms with Gasteiger partial charge in [0.1, 0.15) is 0 Å². The first-order valence-electron chi connectivity index (χ1n) is 2.82. The quantitative estimate of drug-likeness (QED) is 0.340. The molecule has 2 heteroatoms. The molecule has 2 nitrogen and oxygen atoms in total. The van der Waals surface area contributed by atoms with Crippen LogP contribution in [0.15, 0.2) is 30.3 Å². The molecule has 50 valence electrons. The van der Waals surface area contributed by atoms with Crippen LogP contribution in [0.25, 0.3) is 0 Å². The van der Waals surface area contributed by atoms with E-state index in [1.807, 2.05) is 0 Å². The molecule has 0 aromatic carbocycles. The summed E-state index contributed by atoms with van der Waals surface area (Å²) >= 11 is 0. The smallest absolute Gasteiger partial charge is 0.0979 e. The zero-order chi connectivity index (χ0) is 7.11. The summed E-state index contributed by atoms with van der Waals surface area (Å²) in [5.74, 6) is 0.616. The summed E-state index contributed by atoms with van der Waals surface area (Å²) < 4.78 is 0. The van der Waals surface area contributed by atoms with E-state index in [0.717, 1.165) is 0 Å². The molecule has 0 aromatic heterocycles. The van der Waals surface area contributed by atoms with Crippen molar-refractivity contribution in [1.29, 1.82) is 0 Å². The van der Waals surface area contributed by atoms with E-state index in [9.17, 15) is 0 Å². The molecular formula is C7H12N2. The van der Waals surface area contributed by atoms with Crippen molar-refractivity contribution < 1.29 is 0 Å². The molecule has 0 aromatic rings. The molecule has 0 aliphatic carbocycles. The van der Waals surface area contributed by atoms with Gasteiger partial charge in [0.25, 0.3) is 0 Å². The lowest BCUT2D eigenvalue weighted by molar-refractivity contribution is 1.20. The Kier molecular flexibility index (Phi) is 4.50. The van der Waals surface area contributed by atoms with Crippen LogP contribution in [-0.2, 0) is 0 Å². The van der Waals surface area contributed by atoms with E-state index in [4.69, 9.17) is 5.73 Å². The normalized spacial score (nSPS) is 10.9. The van der Waals surface area contributed by atoms with Gasteiger partial charge in [-0.15, -0.1) is 13.2 Å². The van der Waals surface area contributed by atoms with Gasteiger partial charge >= 0.3 is 0 Å². The first-order chi connectivity index (χ1) is 4.31. The second-order valence-electron chi connectivity index (χ2n) is 1.61. The highest BCUT2D eigenvalue weighted by Crippen LogP contribution is 1.80. The highest BCUT2D eigenvalue weighted by molar-refractivity contribution is 5.81. The minimum atomic E-state index is 0.597. The fraction of sp³-hybridized carbons (Fsp3) is 0.286. The second-order valence-corrected chi connectivity index (χ2v) is 1.61. The Labute approximate surface area is 55.8 Å². The summed E-state index contributed by atoms with van der Waals surface area (Å²) in [5.41, 5.74) is 5.40. The largest absolute Gasteiger partial charge is 0.387 e. The van der Waals surface area contributed by atoms with Crippen LogP contribution in [0.4, 0.5) is 0 Å². The van der Waals surface area contributed by atoms with Gasteiger partial charge < -0.3 is 5.73 Å². The number of aliphatic imine (C=N–C) groups is 1. The molecule has 0 amide bonds. The molecule has 0 aliphatic rings. The average molecular weight is 124 g/mol. The molecule has 0 atom stereocenters. The maximum Gasteiger partial charge on any atom is 0.0979 e. The number of hydrogen-bond acceptors (Lipinski definition) is 1. The number of nitrogens with zero attached hydrogens (tertiary/aromatic N) is 1. The molecule has 9 heavy (non-hydrogen) atoms. The van der Waals surface area contributed by atoms with E-state index >= 15 is 0 Å². The zero-order valence-corrected chi connectivity index (χ0v) is 5.51. The topological polar surface area (TPSA) is 38.4 Å². The number of nitrogens with two attached hydrogens (primary N) is 1. The standard InChI is InChI=1S/C7H12N2/c1-3-5-7(8)9-6-4-2/h3-4H,1-2,5-6H2,(H2,8,9). The third kappa shape index (κ3) is 4.81. The molecular weight excluding hydrogens is 112 g/mol. The summed E-state index contributed by atoms with van der Waals surface area (Å²) in [6.45, 7) is 7.62. The van der Waals surface area contributed by atoms with Crippen LogP contribution in [0.1, 0.15) is 6.42 Å². The summed E-state index contributed by atoms with van der Waals surface area (Å²) in [5, 5.41) is 0. The Balaban J connectivity index is 3.53. The van der Waals surface area contributed by atoms with Crippen molar-refractivity contribution in [3.63, 3.8) is 0 Å². The molecule has 0 saturated heterocycles. The molecule has 0 spiro atoms. The number of rotatable bonds is 4. The SMILES string of the molecule is C=CC/N=C(\N)CC=C. The molecule has 0 heterocycles. The van der Waals surface area contributed by atoms with Crippen molar-refractivity contribution in [3.8, 4) is 0 Å². The van der Waals surface area contributed by atoms with E-state index in [2.05, 4.69) is 18.2 Å². The number of amidine groups is 1. The van der Waals surface area contributed by atoms with Crippen LogP contribution in [0.5, 0.6) is 0 Å². The third-order valence-corrected chi connectivity index (χ3v) is 0.777. The summed E-state index contributed by atoms with van der Waals surface area (Å²) in [7, 11) is 0. The lowest BCUT2D eigenvalue weighted by Crippen LogP contribution is -2.10. The van der Waals surface area contributed by atoms with Crippen molar-refractivity contribution in [2.24, 2.45) is 10.7 Å². The Morgan fingerprint density at radius 1 is 1.44 bits per heavy atom. The van der Waals surface area contributed by atoms with E-state index in [1.54, 1.807) is 12.2 Å². The van der Waals surface area contributed by atoms with Crippen molar-refractivity contribution in [1.82, 2.24) is 0 Å². The van der Waals surface area contributed by atoms with Crippen molar-refractivity contribution in [2.75, 3.05) is 6.54 Å². The van der Waals surface area contributed by atoms with Gasteiger partial charge in [0, 0.05) is 6.42 Å². The molecule has 0 bridgehead atoms. The Hall–Kier alpha value is -1.05. The van der Waals surface area contributed by atoms with E-state index < -0.39 is 0 Å². The lowest BCUT2D eigenvalue weighted by Gasteiger charge is -1.91. The third-order valence-electron chi connectivity index (χ3n) is 0.777. The Morgan fingerprint density at radius 2 is 2.11 bits per heavy atom. The predicted octanol–water partition coefficient (Wildman–Crippen LogP) is 1.11. The monoisotopic (exact) mass is 124 g/mol. The first kappa shape index (κ1) is 7.95. The van der Waals surface area contributed by atoms with E-state index in [-0.39, 0.29) is 0 Å². The van der Waals surface area contributed by atoms with Crippen LogP contribution in [-0.4, -0.2) is 12.4 Å². The highest BCUT2D eigenvalue weighted by Gasteiger charge is 1.82. The molecule has 0 unspecified atom stereocenters. The van der Waals surface area contributed by atoms with Crippen LogP contribution < -0.4 is 5.73 Å². The maximum absolute atomic E-state index is 5.40. The molecule has 2 N–H and O–H groups in total. The maximum atomic E-state index is 5.40. The van der Waals surface area contributed by atoms with Gasteiger partial charge in [-0.3, -0.25) is 4.99 Å². The van der Waals surface area contributed by atoms with Gasteiger partial charge in [0.15, 0.2) is 0 Å². The fourth-order valence-electron chi connectivity index (χ4n) is 0.394. The minimum Gasteiger partial charge on any atom is -0.387 e. The van der Waals surface area contributed by atoms with Crippen LogP contribution in [0.3, 0.4) is 0 Å². The Bertz CT molecular complexity index is 125. The van der Waals surface area contributed by atoms with Gasteiger partial charge in [-0.2, -0.15) is 0 Å². The molecule has 0 fully saturated rings. The highest BCUT2D eigenvalue weighted by atomic mass is 14.8. The summed E-state index contributed by atoms with van der Waals surface area (Å²) in [6.07, 6.45) is 4.09. The fourth-order valence-corrected chi connectivity index (χ4v) is 0.394. The van der Waals surface area contributed by atoms with Crippen molar-refractivity contribution in [3.05, 3.63) is 25.3 Å². The van der Waals surface area contributed by atoms with Gasteiger partial charge in [0.2, 0.25) is 0 Å². The second kappa shape index (κ2) is 5.09. The van der Waals surface area contributed by atoms with Crippen molar-refractivity contribution in [2.45, 2.75) is 6.42 Å². The Morgan fingerprint density at radius 3 is 2.56 bits per heavy atom. The van der Waals surface area contributed by atoms with Gasteiger partial charge in [0.05, 0.1) is 12.4 Å². The van der Waals surface area contributed by atoms with Crippen LogP contribution in [0.2, 0.25) is 0 Å². The van der Waals surface area contributed by atoms with Gasteiger partial charge in [-0.25, -0.2) is 0 Å². The van der Waals surface area contributed by atoms with E-state index in [0.29, 0.717) is 18.8 Å². The first-order valence-corrected chi connectivity index (χ1v) is 2.82. The van der Waals surface area contributed by atoms with Crippen molar-refractivity contribution >= 4 is 5.84 Å². The van der Waals surface area contributed by atoms with Crippen LogP contribution >= 0.6 is 0 Å². The molecule has 0 radical (unpaired) electrons. The predicted molar refractivity (Wildman–Crippen MR) is 41.5 cm³/mol. The van der Waals surface area contributed by atoms with Gasteiger partial charge in [-0.1, -0.05) is 12.2 Å². The van der Waals surface area contributed by atoms with Crippen LogP contribution in [0, 0.1) is 0 Å². The summed E-state index contributed by atoms with van der Waals surface area (Å²) in [6, 6.07) is 0. The van der Waals surface area contributed by atoms with E-state index in [1.165, 1.54) is 0 Å². The molecule has 0 saturated carbocycles. The minimum absolute atomic E-state index is 0.597. The number of hydrogen-bond donors (Lipinski definition) is 1. The average Bonchev–Trinajstić information content (AvgIpc) is 1.85. The summed E-state index contributed by atoms with van der Waals surface area (Å²) in [4.78, 5) is 3.94.